The molecule has 2 rings (SSSR count). The third kappa shape index (κ3) is 3.33. The molecule has 3 heteroatoms. The number of halogens is 1. The van der Waals surface area contributed by atoms with Gasteiger partial charge in [-0.3, -0.25) is 4.79 Å². The number of carbonyl (C=O) groups is 1. The van der Waals surface area contributed by atoms with Gasteiger partial charge in [-0.1, -0.05) is 41.9 Å². The maximum absolute atomic E-state index is 11.8. The average Bonchev–Trinajstić information content (AvgIpc) is 2.37. The third-order valence-corrected chi connectivity index (χ3v) is 2.61. The molecule has 2 aromatic carbocycles. The summed E-state index contributed by atoms with van der Waals surface area (Å²) in [5.74, 6) is 0.0244. The molecular formula is C14H12ClNO. The SMILES string of the molecule is O=C(CNc1ccccc1)c1cccc(Cl)c1. The fourth-order valence-corrected chi connectivity index (χ4v) is 1.69. The van der Waals surface area contributed by atoms with Gasteiger partial charge in [0.15, 0.2) is 5.78 Å². The minimum Gasteiger partial charge on any atom is -0.378 e. The average molecular weight is 246 g/mol. The second-order valence-electron chi connectivity index (χ2n) is 3.65. The number of hydrogen-bond donors (Lipinski definition) is 1. The predicted molar refractivity (Wildman–Crippen MR) is 70.7 cm³/mol. The van der Waals surface area contributed by atoms with E-state index in [0.717, 1.165) is 5.69 Å². The molecule has 0 aromatic heterocycles. The first-order valence-electron chi connectivity index (χ1n) is 5.33. The number of nitrogens with one attached hydrogen (secondary N) is 1. The van der Waals surface area contributed by atoms with Crippen LogP contribution in [0.3, 0.4) is 0 Å². The zero-order valence-corrected chi connectivity index (χ0v) is 9.95. The van der Waals surface area contributed by atoms with E-state index >= 15 is 0 Å². The first-order chi connectivity index (χ1) is 8.25. The molecule has 0 saturated heterocycles. The molecule has 2 nitrogen and oxygen atoms in total. The summed E-state index contributed by atoms with van der Waals surface area (Å²) in [6.07, 6.45) is 0. The first kappa shape index (κ1) is 11.7. The standard InChI is InChI=1S/C14H12ClNO/c15-12-6-4-5-11(9-12)14(17)10-16-13-7-2-1-3-8-13/h1-9,16H,10H2. The third-order valence-electron chi connectivity index (χ3n) is 2.37. The molecule has 0 heterocycles. The van der Waals surface area contributed by atoms with Crippen LogP contribution >= 0.6 is 11.6 Å². The van der Waals surface area contributed by atoms with Crippen LogP contribution in [0.1, 0.15) is 10.4 Å². The molecule has 0 spiro atoms. The Morgan fingerprint density at radius 3 is 2.53 bits per heavy atom. The molecule has 0 unspecified atom stereocenters. The highest BCUT2D eigenvalue weighted by molar-refractivity contribution is 6.31. The van der Waals surface area contributed by atoms with Gasteiger partial charge in [-0.15, -0.1) is 0 Å². The molecule has 86 valence electrons. The lowest BCUT2D eigenvalue weighted by molar-refractivity contribution is 0.101. The number of benzene rings is 2. The van der Waals surface area contributed by atoms with E-state index in [1.165, 1.54) is 0 Å². The van der Waals surface area contributed by atoms with Gasteiger partial charge in [0.2, 0.25) is 0 Å². The lowest BCUT2D eigenvalue weighted by Gasteiger charge is -2.05. The Hall–Kier alpha value is -1.80. The van der Waals surface area contributed by atoms with E-state index in [0.29, 0.717) is 10.6 Å². The van der Waals surface area contributed by atoms with Crippen molar-refractivity contribution in [1.29, 1.82) is 0 Å². The van der Waals surface area contributed by atoms with E-state index in [4.69, 9.17) is 11.6 Å². The van der Waals surface area contributed by atoms with Crippen molar-refractivity contribution in [3.05, 3.63) is 65.2 Å². The van der Waals surface area contributed by atoms with Crippen molar-refractivity contribution in [1.82, 2.24) is 0 Å². The molecule has 0 bridgehead atoms. The van der Waals surface area contributed by atoms with Crippen LogP contribution in [0, 0.1) is 0 Å². The molecule has 0 saturated carbocycles. The Morgan fingerprint density at radius 1 is 1.06 bits per heavy atom. The molecule has 2 aromatic rings. The molecule has 0 atom stereocenters. The van der Waals surface area contributed by atoms with E-state index in [1.54, 1.807) is 24.3 Å². The van der Waals surface area contributed by atoms with Crippen LogP contribution in [0.5, 0.6) is 0 Å². The highest BCUT2D eigenvalue weighted by Crippen LogP contribution is 2.12. The van der Waals surface area contributed by atoms with Crippen molar-refractivity contribution in [2.45, 2.75) is 0 Å². The lowest BCUT2D eigenvalue weighted by Crippen LogP contribution is -2.13. The summed E-state index contributed by atoms with van der Waals surface area (Å²) in [5, 5.41) is 3.65. The number of ketones is 1. The van der Waals surface area contributed by atoms with Crippen molar-refractivity contribution in [2.75, 3.05) is 11.9 Å². The van der Waals surface area contributed by atoms with Crippen molar-refractivity contribution >= 4 is 23.1 Å². The normalized spacial score (nSPS) is 9.94. The maximum atomic E-state index is 11.8. The molecule has 0 radical (unpaired) electrons. The largest absolute Gasteiger partial charge is 0.378 e. The van der Waals surface area contributed by atoms with E-state index in [9.17, 15) is 4.79 Å². The Balaban J connectivity index is 1.98. The van der Waals surface area contributed by atoms with E-state index in [-0.39, 0.29) is 12.3 Å². The molecule has 0 fully saturated rings. The topological polar surface area (TPSA) is 29.1 Å². The summed E-state index contributed by atoms with van der Waals surface area (Å²) in [6.45, 7) is 0.268. The summed E-state index contributed by atoms with van der Waals surface area (Å²) < 4.78 is 0. The molecule has 1 N–H and O–H groups in total. The Morgan fingerprint density at radius 2 is 1.82 bits per heavy atom. The Labute approximate surface area is 105 Å². The Kier molecular flexibility index (Phi) is 3.78. The quantitative estimate of drug-likeness (QED) is 0.834. The molecule has 0 aliphatic carbocycles. The van der Waals surface area contributed by atoms with Gasteiger partial charge in [0.1, 0.15) is 0 Å². The second kappa shape index (κ2) is 5.51. The van der Waals surface area contributed by atoms with Crippen LogP contribution in [0.2, 0.25) is 5.02 Å². The minimum absolute atomic E-state index is 0.0244. The van der Waals surface area contributed by atoms with Crippen LogP contribution < -0.4 is 5.32 Å². The predicted octanol–water partition coefficient (Wildman–Crippen LogP) is 3.63. The Bertz CT molecular complexity index is 511. The van der Waals surface area contributed by atoms with Crippen molar-refractivity contribution in [2.24, 2.45) is 0 Å². The first-order valence-corrected chi connectivity index (χ1v) is 5.71. The van der Waals surface area contributed by atoms with Gasteiger partial charge >= 0.3 is 0 Å². The van der Waals surface area contributed by atoms with E-state index in [2.05, 4.69) is 5.32 Å². The summed E-state index contributed by atoms with van der Waals surface area (Å²) >= 11 is 5.83. The fraction of sp³-hybridized carbons (Fsp3) is 0.0714. The number of hydrogen-bond acceptors (Lipinski definition) is 2. The monoisotopic (exact) mass is 245 g/mol. The van der Waals surface area contributed by atoms with Crippen molar-refractivity contribution in [3.63, 3.8) is 0 Å². The van der Waals surface area contributed by atoms with Crippen LogP contribution in [0.15, 0.2) is 54.6 Å². The second-order valence-corrected chi connectivity index (χ2v) is 4.09. The van der Waals surface area contributed by atoms with Crippen LogP contribution in [0.4, 0.5) is 5.69 Å². The van der Waals surface area contributed by atoms with E-state index in [1.807, 2.05) is 30.3 Å². The number of rotatable bonds is 4. The molecule has 0 aliphatic heterocycles. The highest BCUT2D eigenvalue weighted by Gasteiger charge is 2.05. The van der Waals surface area contributed by atoms with Gasteiger partial charge in [0.05, 0.1) is 6.54 Å². The zero-order valence-electron chi connectivity index (χ0n) is 9.19. The maximum Gasteiger partial charge on any atom is 0.181 e. The molecular weight excluding hydrogens is 234 g/mol. The summed E-state index contributed by atoms with van der Waals surface area (Å²) in [5.41, 5.74) is 1.56. The van der Waals surface area contributed by atoms with Crippen molar-refractivity contribution in [3.8, 4) is 0 Å². The zero-order chi connectivity index (χ0) is 12.1. The van der Waals surface area contributed by atoms with E-state index < -0.39 is 0 Å². The summed E-state index contributed by atoms with van der Waals surface area (Å²) in [4.78, 5) is 11.8. The van der Waals surface area contributed by atoms with Gasteiger partial charge in [-0.25, -0.2) is 0 Å². The fourth-order valence-electron chi connectivity index (χ4n) is 1.50. The smallest absolute Gasteiger partial charge is 0.181 e. The van der Waals surface area contributed by atoms with Gasteiger partial charge in [0, 0.05) is 16.3 Å². The summed E-state index contributed by atoms with van der Waals surface area (Å²) in [6, 6.07) is 16.6. The lowest BCUT2D eigenvalue weighted by atomic mass is 10.1. The van der Waals surface area contributed by atoms with Gasteiger partial charge in [0.25, 0.3) is 0 Å². The van der Waals surface area contributed by atoms with Gasteiger partial charge in [-0.05, 0) is 24.3 Å². The van der Waals surface area contributed by atoms with Crippen LogP contribution in [-0.4, -0.2) is 12.3 Å². The van der Waals surface area contributed by atoms with Gasteiger partial charge < -0.3 is 5.32 Å². The molecule has 17 heavy (non-hydrogen) atoms. The van der Waals surface area contributed by atoms with Crippen LogP contribution in [0.25, 0.3) is 0 Å². The molecule has 0 amide bonds. The van der Waals surface area contributed by atoms with Crippen molar-refractivity contribution < 1.29 is 4.79 Å². The molecule has 0 aliphatic rings. The number of para-hydroxylation sites is 1. The number of anilines is 1. The van der Waals surface area contributed by atoms with Gasteiger partial charge in [-0.2, -0.15) is 0 Å². The highest BCUT2D eigenvalue weighted by atomic mass is 35.5. The number of Topliss-reactive ketones (excluding diaryl/α,β-unsaturated/α-hetero) is 1. The number of carbonyl (C=O) groups excluding carboxylic acids is 1. The summed E-state index contributed by atoms with van der Waals surface area (Å²) in [7, 11) is 0. The minimum atomic E-state index is 0.0244. The van der Waals surface area contributed by atoms with Crippen LogP contribution in [-0.2, 0) is 0 Å².